The lowest BCUT2D eigenvalue weighted by Crippen LogP contribution is -2.43. The second-order valence-corrected chi connectivity index (χ2v) is 4.97. The molecule has 6 nitrogen and oxygen atoms in total. The summed E-state index contributed by atoms with van der Waals surface area (Å²) in [5.41, 5.74) is 0.558. The van der Waals surface area contributed by atoms with Crippen molar-refractivity contribution in [2.45, 2.75) is 19.4 Å². The van der Waals surface area contributed by atoms with Crippen LogP contribution in [-0.2, 0) is 9.59 Å². The highest BCUT2D eigenvalue weighted by Crippen LogP contribution is 2.19. The first kappa shape index (κ1) is 16.7. The van der Waals surface area contributed by atoms with Crippen molar-refractivity contribution in [3.8, 4) is 5.69 Å². The van der Waals surface area contributed by atoms with Crippen LogP contribution in [0, 0.1) is 5.82 Å². The number of anilines is 1. The van der Waals surface area contributed by atoms with E-state index in [0.717, 1.165) is 0 Å². The molecule has 1 heterocycles. The lowest BCUT2D eigenvalue weighted by Gasteiger charge is -2.14. The molecule has 2 aromatic rings. The third kappa shape index (κ3) is 4.17. The van der Waals surface area contributed by atoms with Gasteiger partial charge in [-0.2, -0.15) is 0 Å². The van der Waals surface area contributed by atoms with Gasteiger partial charge in [-0.25, -0.2) is 4.39 Å². The van der Waals surface area contributed by atoms with Gasteiger partial charge in [-0.1, -0.05) is 6.92 Å². The second kappa shape index (κ2) is 7.55. The minimum Gasteiger partial charge on any atom is -0.394 e. The molecule has 7 heteroatoms. The van der Waals surface area contributed by atoms with Gasteiger partial charge < -0.3 is 20.3 Å². The molecule has 1 aromatic carbocycles. The number of carbonyl (C=O) groups excluding carboxylic acids is 2. The van der Waals surface area contributed by atoms with Crippen molar-refractivity contribution in [1.82, 2.24) is 9.88 Å². The zero-order valence-corrected chi connectivity index (χ0v) is 12.6. The molecule has 0 bridgehead atoms. The standard InChI is InChI=1S/C16H18FN3O3/c1-2-11(10-21)18-15(22)16(23)19-14-9-12(5-6-13(14)17)20-7-3-4-8-20/h3-9,11,21H,2,10H2,1H3,(H,18,22)(H,19,23). The number of aliphatic hydroxyl groups excluding tert-OH is 1. The summed E-state index contributed by atoms with van der Waals surface area (Å²) in [5.74, 6) is -2.55. The normalized spacial score (nSPS) is 11.8. The number of rotatable bonds is 5. The number of hydrogen-bond donors (Lipinski definition) is 3. The SMILES string of the molecule is CCC(CO)NC(=O)C(=O)Nc1cc(-n2cccc2)ccc1F. The van der Waals surface area contributed by atoms with Crippen molar-refractivity contribution < 1.29 is 19.1 Å². The first-order valence-corrected chi connectivity index (χ1v) is 7.20. The fraction of sp³-hybridized carbons (Fsp3) is 0.250. The summed E-state index contributed by atoms with van der Waals surface area (Å²) in [4.78, 5) is 23.6. The molecule has 3 N–H and O–H groups in total. The van der Waals surface area contributed by atoms with Crippen LogP contribution in [0.5, 0.6) is 0 Å². The predicted molar refractivity (Wildman–Crippen MR) is 83.7 cm³/mol. The van der Waals surface area contributed by atoms with E-state index in [1.165, 1.54) is 12.1 Å². The molecule has 1 unspecified atom stereocenters. The minimum atomic E-state index is -0.986. The van der Waals surface area contributed by atoms with Crippen LogP contribution in [0.3, 0.4) is 0 Å². The zero-order chi connectivity index (χ0) is 16.8. The maximum atomic E-state index is 13.8. The van der Waals surface area contributed by atoms with Gasteiger partial charge in [-0.3, -0.25) is 9.59 Å². The molecule has 0 saturated heterocycles. The van der Waals surface area contributed by atoms with E-state index in [4.69, 9.17) is 5.11 Å². The molecular formula is C16H18FN3O3. The van der Waals surface area contributed by atoms with E-state index >= 15 is 0 Å². The Morgan fingerprint density at radius 1 is 1.26 bits per heavy atom. The van der Waals surface area contributed by atoms with Crippen LogP contribution in [0.25, 0.3) is 5.69 Å². The molecule has 0 aliphatic rings. The van der Waals surface area contributed by atoms with Crippen molar-refractivity contribution in [3.63, 3.8) is 0 Å². The number of amides is 2. The Morgan fingerprint density at radius 2 is 1.96 bits per heavy atom. The van der Waals surface area contributed by atoms with E-state index in [2.05, 4.69) is 10.6 Å². The lowest BCUT2D eigenvalue weighted by atomic mass is 10.2. The number of aliphatic hydroxyl groups is 1. The average molecular weight is 319 g/mol. The number of carbonyl (C=O) groups is 2. The number of hydrogen-bond acceptors (Lipinski definition) is 3. The molecule has 0 saturated carbocycles. The number of benzene rings is 1. The lowest BCUT2D eigenvalue weighted by molar-refractivity contribution is -0.136. The highest BCUT2D eigenvalue weighted by molar-refractivity contribution is 6.39. The Hall–Kier alpha value is -2.67. The van der Waals surface area contributed by atoms with E-state index in [1.54, 1.807) is 30.0 Å². The molecule has 0 aliphatic carbocycles. The molecule has 23 heavy (non-hydrogen) atoms. The smallest absolute Gasteiger partial charge is 0.313 e. The minimum absolute atomic E-state index is 0.0894. The second-order valence-electron chi connectivity index (χ2n) is 4.97. The van der Waals surface area contributed by atoms with Gasteiger partial charge in [0.25, 0.3) is 0 Å². The monoisotopic (exact) mass is 319 g/mol. The Balaban J connectivity index is 2.11. The fourth-order valence-electron chi connectivity index (χ4n) is 1.98. The molecule has 1 aromatic heterocycles. The zero-order valence-electron chi connectivity index (χ0n) is 12.6. The molecule has 0 radical (unpaired) electrons. The first-order chi connectivity index (χ1) is 11.0. The van der Waals surface area contributed by atoms with Crippen LogP contribution in [-0.4, -0.2) is 34.1 Å². The fourth-order valence-corrected chi connectivity index (χ4v) is 1.98. The average Bonchev–Trinajstić information content (AvgIpc) is 3.08. The summed E-state index contributed by atoms with van der Waals surface area (Å²) >= 11 is 0. The van der Waals surface area contributed by atoms with Crippen LogP contribution >= 0.6 is 0 Å². The number of halogens is 1. The molecule has 2 amide bonds. The third-order valence-electron chi connectivity index (χ3n) is 3.36. The molecule has 0 fully saturated rings. The summed E-state index contributed by atoms with van der Waals surface area (Å²) < 4.78 is 15.6. The first-order valence-electron chi connectivity index (χ1n) is 7.20. The van der Waals surface area contributed by atoms with E-state index < -0.39 is 23.7 Å². The molecule has 122 valence electrons. The quantitative estimate of drug-likeness (QED) is 0.729. The van der Waals surface area contributed by atoms with Gasteiger partial charge in [0.1, 0.15) is 5.82 Å². The topological polar surface area (TPSA) is 83.4 Å². The van der Waals surface area contributed by atoms with E-state index in [-0.39, 0.29) is 12.3 Å². The Kier molecular flexibility index (Phi) is 5.48. The van der Waals surface area contributed by atoms with Crippen LogP contribution in [0.4, 0.5) is 10.1 Å². The maximum absolute atomic E-state index is 13.8. The van der Waals surface area contributed by atoms with Crippen molar-refractivity contribution in [2.24, 2.45) is 0 Å². The molecular weight excluding hydrogens is 301 g/mol. The molecule has 2 rings (SSSR count). The number of nitrogens with zero attached hydrogens (tertiary/aromatic N) is 1. The van der Waals surface area contributed by atoms with Gasteiger partial charge in [-0.15, -0.1) is 0 Å². The van der Waals surface area contributed by atoms with E-state index in [1.807, 2.05) is 12.1 Å². The van der Waals surface area contributed by atoms with Crippen LogP contribution in [0.15, 0.2) is 42.7 Å². The summed E-state index contributed by atoms with van der Waals surface area (Å²) in [7, 11) is 0. The van der Waals surface area contributed by atoms with E-state index in [0.29, 0.717) is 12.1 Å². The predicted octanol–water partition coefficient (Wildman–Crippen LogP) is 1.44. The number of aromatic nitrogens is 1. The summed E-state index contributed by atoms with van der Waals surface area (Å²) in [5, 5.41) is 13.6. The molecule has 1 atom stereocenters. The van der Waals surface area contributed by atoms with Crippen LogP contribution in [0.1, 0.15) is 13.3 Å². The summed E-state index contributed by atoms with van der Waals surface area (Å²) in [6, 6.07) is 7.33. The number of nitrogens with one attached hydrogen (secondary N) is 2. The van der Waals surface area contributed by atoms with Gasteiger partial charge in [0.05, 0.1) is 18.3 Å². The van der Waals surface area contributed by atoms with Crippen molar-refractivity contribution in [3.05, 3.63) is 48.5 Å². The van der Waals surface area contributed by atoms with Crippen molar-refractivity contribution >= 4 is 17.5 Å². The van der Waals surface area contributed by atoms with E-state index in [9.17, 15) is 14.0 Å². The molecule has 0 spiro atoms. The van der Waals surface area contributed by atoms with Crippen LogP contribution in [0.2, 0.25) is 0 Å². The Labute approximate surface area is 132 Å². The van der Waals surface area contributed by atoms with Gasteiger partial charge in [0, 0.05) is 18.1 Å². The van der Waals surface area contributed by atoms with Crippen LogP contribution < -0.4 is 10.6 Å². The highest BCUT2D eigenvalue weighted by atomic mass is 19.1. The summed E-state index contributed by atoms with van der Waals surface area (Å²) in [6.45, 7) is 1.49. The third-order valence-corrected chi connectivity index (χ3v) is 3.36. The van der Waals surface area contributed by atoms with Gasteiger partial charge >= 0.3 is 11.8 Å². The van der Waals surface area contributed by atoms with Gasteiger partial charge in [0.2, 0.25) is 0 Å². The van der Waals surface area contributed by atoms with Gasteiger partial charge in [-0.05, 0) is 36.8 Å². The Morgan fingerprint density at radius 3 is 2.57 bits per heavy atom. The maximum Gasteiger partial charge on any atom is 0.313 e. The summed E-state index contributed by atoms with van der Waals surface area (Å²) in [6.07, 6.45) is 4.03. The Bertz CT molecular complexity index is 682. The molecule has 0 aliphatic heterocycles. The largest absolute Gasteiger partial charge is 0.394 e. The van der Waals surface area contributed by atoms with Crippen molar-refractivity contribution in [1.29, 1.82) is 0 Å². The highest BCUT2D eigenvalue weighted by Gasteiger charge is 2.18. The van der Waals surface area contributed by atoms with Crippen molar-refractivity contribution in [2.75, 3.05) is 11.9 Å². The van der Waals surface area contributed by atoms with Gasteiger partial charge in [0.15, 0.2) is 0 Å².